The number of halogens is 1. The van der Waals surface area contributed by atoms with Crippen LogP contribution in [0.15, 0.2) is 24.3 Å². The van der Waals surface area contributed by atoms with E-state index in [1.165, 1.54) is 11.3 Å². The van der Waals surface area contributed by atoms with Crippen LogP contribution in [0.5, 0.6) is 0 Å². The summed E-state index contributed by atoms with van der Waals surface area (Å²) in [5.41, 5.74) is 0.683. The molecule has 0 atom stereocenters. The van der Waals surface area contributed by atoms with E-state index < -0.39 is 0 Å². The quantitative estimate of drug-likeness (QED) is 0.545. The summed E-state index contributed by atoms with van der Waals surface area (Å²) < 4.78 is 1.04. The number of piperidine rings is 1. The van der Waals surface area contributed by atoms with Crippen LogP contribution in [-0.4, -0.2) is 11.8 Å². The van der Waals surface area contributed by atoms with E-state index in [4.69, 9.17) is 0 Å². The van der Waals surface area contributed by atoms with Crippen molar-refractivity contribution in [1.82, 2.24) is 0 Å². The summed E-state index contributed by atoms with van der Waals surface area (Å²) in [4.78, 5) is 26.4. The van der Waals surface area contributed by atoms with Gasteiger partial charge in [-0.25, -0.2) is 0 Å². The normalized spacial score (nSPS) is 22.4. The van der Waals surface area contributed by atoms with Crippen molar-refractivity contribution < 1.29 is 9.59 Å². The molecule has 20 heavy (non-hydrogen) atoms. The number of nitrogens with zero attached hydrogens (tertiary/aromatic N) is 1. The molecular formula is C16H18INO2. The molecule has 4 heteroatoms. The fourth-order valence-electron chi connectivity index (χ4n) is 3.56. The van der Waals surface area contributed by atoms with E-state index in [1.54, 1.807) is 0 Å². The minimum Gasteiger partial charge on any atom is -0.274 e. The Balaban J connectivity index is 1.86. The molecule has 2 fully saturated rings. The number of hydrogen-bond acceptors (Lipinski definition) is 2. The van der Waals surface area contributed by atoms with Gasteiger partial charge in [-0.15, -0.1) is 0 Å². The van der Waals surface area contributed by atoms with Crippen molar-refractivity contribution in [3.63, 3.8) is 0 Å². The Morgan fingerprint density at radius 2 is 1.65 bits per heavy atom. The zero-order valence-corrected chi connectivity index (χ0v) is 13.6. The van der Waals surface area contributed by atoms with Gasteiger partial charge in [0.1, 0.15) is 0 Å². The summed E-state index contributed by atoms with van der Waals surface area (Å²) in [5, 5.41) is 0. The van der Waals surface area contributed by atoms with E-state index in [1.807, 2.05) is 24.3 Å². The van der Waals surface area contributed by atoms with Crippen LogP contribution >= 0.6 is 22.6 Å². The Morgan fingerprint density at radius 1 is 1.00 bits per heavy atom. The molecule has 1 saturated carbocycles. The predicted molar refractivity (Wildman–Crippen MR) is 86.4 cm³/mol. The number of carbonyl (C=O) groups is 2. The van der Waals surface area contributed by atoms with E-state index in [9.17, 15) is 9.59 Å². The number of imide groups is 1. The van der Waals surface area contributed by atoms with Crippen LogP contribution in [0, 0.1) is 8.99 Å². The number of benzene rings is 1. The highest BCUT2D eigenvalue weighted by atomic mass is 127. The molecule has 0 bridgehead atoms. The number of hydrogen-bond donors (Lipinski definition) is 0. The third-order valence-electron chi connectivity index (χ3n) is 4.53. The molecular weight excluding hydrogens is 365 g/mol. The van der Waals surface area contributed by atoms with Crippen LogP contribution in [0.4, 0.5) is 5.69 Å². The number of rotatable bonds is 1. The van der Waals surface area contributed by atoms with Crippen molar-refractivity contribution in [3.8, 4) is 0 Å². The van der Waals surface area contributed by atoms with Crippen LogP contribution < -0.4 is 4.90 Å². The van der Waals surface area contributed by atoms with E-state index in [0.717, 1.165) is 34.9 Å². The van der Waals surface area contributed by atoms with E-state index in [-0.39, 0.29) is 17.2 Å². The summed E-state index contributed by atoms with van der Waals surface area (Å²) in [6.07, 6.45) is 6.68. The molecule has 0 N–H and O–H groups in total. The third kappa shape index (κ3) is 2.62. The summed E-state index contributed by atoms with van der Waals surface area (Å²) >= 11 is 2.20. The predicted octanol–water partition coefficient (Wildman–Crippen LogP) is 3.90. The molecule has 0 radical (unpaired) electrons. The lowest BCUT2D eigenvalue weighted by molar-refractivity contribution is -0.134. The largest absolute Gasteiger partial charge is 0.274 e. The second-order valence-corrected chi connectivity index (χ2v) is 7.26. The molecule has 1 spiro atoms. The topological polar surface area (TPSA) is 37.4 Å². The van der Waals surface area contributed by atoms with E-state index in [2.05, 4.69) is 22.6 Å². The number of anilines is 1. The van der Waals surface area contributed by atoms with Crippen molar-refractivity contribution >= 4 is 40.1 Å². The molecule has 106 valence electrons. The van der Waals surface area contributed by atoms with Crippen LogP contribution in [0.2, 0.25) is 0 Å². The van der Waals surface area contributed by atoms with Crippen LogP contribution in [0.3, 0.4) is 0 Å². The van der Waals surface area contributed by atoms with Crippen molar-refractivity contribution in [2.75, 3.05) is 4.90 Å². The summed E-state index contributed by atoms with van der Waals surface area (Å²) in [6, 6.07) is 7.60. The first kappa shape index (κ1) is 14.0. The molecule has 1 aliphatic heterocycles. The molecule has 2 aliphatic rings. The van der Waals surface area contributed by atoms with Gasteiger partial charge < -0.3 is 0 Å². The van der Waals surface area contributed by atoms with Gasteiger partial charge >= 0.3 is 0 Å². The standard InChI is InChI=1S/C16H18INO2/c17-12-5-4-6-13(9-12)18-14(19)10-16(11-15(18)20)7-2-1-3-8-16/h4-6,9H,1-3,7-8,10-11H2. The highest BCUT2D eigenvalue weighted by molar-refractivity contribution is 14.1. The molecule has 0 aromatic heterocycles. The second-order valence-electron chi connectivity index (χ2n) is 6.02. The minimum absolute atomic E-state index is 0.0230. The molecule has 1 aromatic carbocycles. The molecule has 2 amide bonds. The van der Waals surface area contributed by atoms with Gasteiger partial charge in [-0.3, -0.25) is 14.5 Å². The highest BCUT2D eigenvalue weighted by Gasteiger charge is 2.44. The zero-order chi connectivity index (χ0) is 14.2. The molecule has 3 nitrogen and oxygen atoms in total. The van der Waals surface area contributed by atoms with Crippen molar-refractivity contribution in [2.45, 2.75) is 44.9 Å². The summed E-state index contributed by atoms with van der Waals surface area (Å²) in [5.74, 6) is -0.0460. The smallest absolute Gasteiger partial charge is 0.234 e. The van der Waals surface area contributed by atoms with Gasteiger partial charge in [-0.2, -0.15) is 0 Å². The monoisotopic (exact) mass is 383 g/mol. The maximum Gasteiger partial charge on any atom is 0.234 e. The molecule has 1 aliphatic carbocycles. The zero-order valence-electron chi connectivity index (χ0n) is 11.4. The van der Waals surface area contributed by atoms with Crippen molar-refractivity contribution in [1.29, 1.82) is 0 Å². The molecule has 1 heterocycles. The number of carbonyl (C=O) groups excluding carboxylic acids is 2. The second kappa shape index (κ2) is 5.47. The van der Waals surface area contributed by atoms with Crippen LogP contribution in [-0.2, 0) is 9.59 Å². The highest BCUT2D eigenvalue weighted by Crippen LogP contribution is 2.46. The Hall–Kier alpha value is -0.910. The maximum absolute atomic E-state index is 12.5. The first-order valence-electron chi connectivity index (χ1n) is 7.21. The first-order valence-corrected chi connectivity index (χ1v) is 8.29. The Morgan fingerprint density at radius 3 is 2.25 bits per heavy atom. The molecule has 3 rings (SSSR count). The summed E-state index contributed by atoms with van der Waals surface area (Å²) in [6.45, 7) is 0. The molecule has 1 saturated heterocycles. The lowest BCUT2D eigenvalue weighted by atomic mass is 9.67. The van der Waals surface area contributed by atoms with Crippen molar-refractivity contribution in [3.05, 3.63) is 27.8 Å². The number of amides is 2. The van der Waals surface area contributed by atoms with Gasteiger partial charge in [0, 0.05) is 16.4 Å². The fourth-order valence-corrected chi connectivity index (χ4v) is 4.09. The average Bonchev–Trinajstić information content (AvgIpc) is 2.38. The van der Waals surface area contributed by atoms with Gasteiger partial charge in [0.25, 0.3) is 0 Å². The van der Waals surface area contributed by atoms with Gasteiger partial charge in [0.15, 0.2) is 0 Å². The van der Waals surface area contributed by atoms with Crippen LogP contribution in [0.1, 0.15) is 44.9 Å². The third-order valence-corrected chi connectivity index (χ3v) is 5.20. The minimum atomic E-state index is -0.0369. The van der Waals surface area contributed by atoms with Gasteiger partial charge in [0.2, 0.25) is 11.8 Å². The fraction of sp³-hybridized carbons (Fsp3) is 0.500. The first-order chi connectivity index (χ1) is 9.60. The van der Waals surface area contributed by atoms with Gasteiger partial charge in [-0.05, 0) is 59.0 Å². The van der Waals surface area contributed by atoms with E-state index >= 15 is 0 Å². The van der Waals surface area contributed by atoms with Gasteiger partial charge in [0.05, 0.1) is 5.69 Å². The Kier molecular flexibility index (Phi) is 3.84. The lowest BCUT2D eigenvalue weighted by Gasteiger charge is -2.42. The molecule has 1 aromatic rings. The van der Waals surface area contributed by atoms with Gasteiger partial charge in [-0.1, -0.05) is 25.3 Å². The summed E-state index contributed by atoms with van der Waals surface area (Å²) in [7, 11) is 0. The van der Waals surface area contributed by atoms with Crippen molar-refractivity contribution in [2.24, 2.45) is 5.41 Å². The SMILES string of the molecule is O=C1CC2(CCCCC2)CC(=O)N1c1cccc(I)c1. The average molecular weight is 383 g/mol. The van der Waals surface area contributed by atoms with Crippen LogP contribution in [0.25, 0.3) is 0 Å². The Labute approximate surface area is 132 Å². The van der Waals surface area contributed by atoms with E-state index in [0.29, 0.717) is 12.8 Å². The Bertz CT molecular complexity index is 529. The lowest BCUT2D eigenvalue weighted by Crippen LogP contribution is -2.48. The maximum atomic E-state index is 12.5. The molecule has 0 unspecified atom stereocenters.